The zero-order valence-corrected chi connectivity index (χ0v) is 12.2. The maximum absolute atomic E-state index is 5.70. The average molecular weight is 322 g/mol. The first-order valence-corrected chi connectivity index (χ1v) is 7.17. The summed E-state index contributed by atoms with van der Waals surface area (Å²) in [6, 6.07) is 6.38. The molecule has 100 valence electrons. The largest absolute Gasteiger partial charge is 0.362 e. The van der Waals surface area contributed by atoms with Crippen LogP contribution in [0, 0.1) is 0 Å². The molecule has 0 fully saturated rings. The molecule has 0 saturated heterocycles. The molecule has 1 aliphatic rings. The van der Waals surface area contributed by atoms with Crippen molar-refractivity contribution in [3.63, 3.8) is 0 Å². The highest BCUT2D eigenvalue weighted by Crippen LogP contribution is 2.28. The van der Waals surface area contributed by atoms with Crippen LogP contribution >= 0.6 is 15.9 Å². The van der Waals surface area contributed by atoms with Crippen LogP contribution in [0.4, 0.5) is 5.69 Å². The number of aromatic nitrogens is 3. The lowest BCUT2D eigenvalue weighted by Gasteiger charge is -2.31. The van der Waals surface area contributed by atoms with E-state index in [1.807, 2.05) is 0 Å². The van der Waals surface area contributed by atoms with Gasteiger partial charge in [-0.3, -0.25) is 0 Å². The van der Waals surface area contributed by atoms with Gasteiger partial charge in [0.2, 0.25) is 0 Å². The summed E-state index contributed by atoms with van der Waals surface area (Å²) in [7, 11) is 0. The quantitative estimate of drug-likeness (QED) is 0.932. The molecule has 0 aliphatic carbocycles. The first-order valence-electron chi connectivity index (χ1n) is 6.38. The molecule has 0 amide bonds. The Labute approximate surface area is 120 Å². The Balaban J connectivity index is 1.92. The molecular formula is C13H16BrN5. The van der Waals surface area contributed by atoms with Gasteiger partial charge in [0.15, 0.2) is 5.82 Å². The van der Waals surface area contributed by atoms with Crippen LogP contribution in [0.5, 0.6) is 0 Å². The third-order valence-corrected chi connectivity index (χ3v) is 3.93. The van der Waals surface area contributed by atoms with Crippen LogP contribution in [0.3, 0.4) is 0 Å². The fourth-order valence-electron chi connectivity index (χ4n) is 2.47. The van der Waals surface area contributed by atoms with Crippen molar-refractivity contribution in [2.75, 3.05) is 18.0 Å². The van der Waals surface area contributed by atoms with Crippen LogP contribution in [0.25, 0.3) is 0 Å². The number of fused-ring (bicyclic) bond motifs is 1. The summed E-state index contributed by atoms with van der Waals surface area (Å²) in [6.45, 7) is 3.36. The lowest BCUT2D eigenvalue weighted by atomic mass is 10.1. The Morgan fingerprint density at radius 2 is 2.21 bits per heavy atom. The molecule has 0 radical (unpaired) electrons. The predicted molar refractivity (Wildman–Crippen MR) is 78.0 cm³/mol. The van der Waals surface area contributed by atoms with Crippen molar-refractivity contribution in [3.8, 4) is 0 Å². The fraction of sp³-hybridized carbons (Fsp3) is 0.385. The molecule has 1 aromatic carbocycles. The van der Waals surface area contributed by atoms with Crippen molar-refractivity contribution in [2.24, 2.45) is 5.73 Å². The van der Waals surface area contributed by atoms with Gasteiger partial charge in [-0.2, -0.15) is 0 Å². The van der Waals surface area contributed by atoms with Crippen molar-refractivity contribution in [2.45, 2.75) is 19.5 Å². The van der Waals surface area contributed by atoms with Crippen LogP contribution in [-0.4, -0.2) is 27.9 Å². The van der Waals surface area contributed by atoms with Gasteiger partial charge in [-0.1, -0.05) is 22.0 Å². The molecule has 2 N–H and O–H groups in total. The van der Waals surface area contributed by atoms with Crippen molar-refractivity contribution >= 4 is 21.6 Å². The van der Waals surface area contributed by atoms with Crippen molar-refractivity contribution in [1.82, 2.24) is 14.8 Å². The minimum atomic E-state index is 0.665. The lowest BCUT2D eigenvalue weighted by Crippen LogP contribution is -2.34. The number of hydrogen-bond donors (Lipinski definition) is 1. The topological polar surface area (TPSA) is 60.0 Å². The fourth-order valence-corrected chi connectivity index (χ4v) is 2.82. The highest BCUT2D eigenvalue weighted by atomic mass is 79.9. The third kappa shape index (κ3) is 2.50. The first-order chi connectivity index (χ1) is 9.28. The first kappa shape index (κ1) is 12.6. The molecule has 0 atom stereocenters. The van der Waals surface area contributed by atoms with E-state index in [1.165, 1.54) is 11.3 Å². The summed E-state index contributed by atoms with van der Waals surface area (Å²) in [4.78, 5) is 2.35. The Bertz CT molecular complexity index is 580. The Kier molecular flexibility index (Phi) is 3.52. The summed E-state index contributed by atoms with van der Waals surface area (Å²) in [5.74, 6) is 1.02. The molecule has 6 heteroatoms. The molecule has 0 unspecified atom stereocenters. The highest BCUT2D eigenvalue weighted by molar-refractivity contribution is 9.10. The lowest BCUT2D eigenvalue weighted by molar-refractivity contribution is 0.558. The standard InChI is InChI=1S/C13H16BrN5/c14-11-2-1-10(3-4-15)12(7-11)18-5-6-19-9-16-17-13(19)8-18/h1-2,7,9H,3-6,8,15H2. The molecule has 0 saturated carbocycles. The number of nitrogens with two attached hydrogens (primary N) is 1. The Morgan fingerprint density at radius 3 is 3.05 bits per heavy atom. The average Bonchev–Trinajstić information content (AvgIpc) is 2.88. The van der Waals surface area contributed by atoms with Crippen LogP contribution < -0.4 is 10.6 Å². The van der Waals surface area contributed by atoms with Crippen LogP contribution in [0.15, 0.2) is 29.0 Å². The van der Waals surface area contributed by atoms with E-state index in [-0.39, 0.29) is 0 Å². The number of hydrogen-bond acceptors (Lipinski definition) is 4. The van der Waals surface area contributed by atoms with Crippen molar-refractivity contribution in [3.05, 3.63) is 40.4 Å². The van der Waals surface area contributed by atoms with Crippen molar-refractivity contribution < 1.29 is 0 Å². The van der Waals surface area contributed by atoms with Gasteiger partial charge in [0.05, 0.1) is 6.54 Å². The maximum atomic E-state index is 5.70. The smallest absolute Gasteiger partial charge is 0.152 e. The van der Waals surface area contributed by atoms with Crippen LogP contribution in [-0.2, 0) is 19.5 Å². The monoisotopic (exact) mass is 321 g/mol. The summed E-state index contributed by atoms with van der Waals surface area (Å²) in [5.41, 5.74) is 8.24. The Hall–Kier alpha value is -1.40. The Morgan fingerprint density at radius 1 is 1.32 bits per heavy atom. The van der Waals surface area contributed by atoms with Gasteiger partial charge in [-0.05, 0) is 30.7 Å². The predicted octanol–water partition coefficient (Wildman–Crippen LogP) is 1.56. The van der Waals surface area contributed by atoms with Gasteiger partial charge in [-0.15, -0.1) is 10.2 Å². The number of nitrogens with zero attached hydrogens (tertiary/aromatic N) is 4. The van der Waals surface area contributed by atoms with Crippen LogP contribution in [0.2, 0.25) is 0 Å². The normalized spacial score (nSPS) is 14.5. The molecule has 19 heavy (non-hydrogen) atoms. The van der Waals surface area contributed by atoms with E-state index in [0.717, 1.165) is 36.4 Å². The number of rotatable bonds is 3. The summed E-state index contributed by atoms with van der Waals surface area (Å²) >= 11 is 3.55. The zero-order valence-electron chi connectivity index (χ0n) is 10.6. The van der Waals surface area contributed by atoms with Gasteiger partial charge in [0.1, 0.15) is 6.33 Å². The van der Waals surface area contributed by atoms with Gasteiger partial charge < -0.3 is 15.2 Å². The molecule has 2 heterocycles. The number of halogens is 1. The molecule has 0 bridgehead atoms. The third-order valence-electron chi connectivity index (χ3n) is 3.44. The number of anilines is 1. The second-order valence-electron chi connectivity index (χ2n) is 4.67. The number of benzene rings is 1. The molecule has 1 aromatic heterocycles. The minimum Gasteiger partial charge on any atom is -0.362 e. The molecule has 1 aliphatic heterocycles. The second kappa shape index (κ2) is 5.30. The SMILES string of the molecule is NCCc1ccc(Br)cc1N1CCn2cnnc2C1. The minimum absolute atomic E-state index is 0.665. The van der Waals surface area contributed by atoms with E-state index >= 15 is 0 Å². The maximum Gasteiger partial charge on any atom is 0.152 e. The summed E-state index contributed by atoms with van der Waals surface area (Å²) in [6.07, 6.45) is 2.69. The molecular weight excluding hydrogens is 306 g/mol. The summed E-state index contributed by atoms with van der Waals surface area (Å²) in [5, 5.41) is 8.13. The van der Waals surface area contributed by atoms with Gasteiger partial charge in [0.25, 0.3) is 0 Å². The van der Waals surface area contributed by atoms with Crippen molar-refractivity contribution in [1.29, 1.82) is 0 Å². The van der Waals surface area contributed by atoms with E-state index in [1.54, 1.807) is 6.33 Å². The molecule has 3 rings (SSSR count). The van der Waals surface area contributed by atoms with Crippen LogP contribution in [0.1, 0.15) is 11.4 Å². The van der Waals surface area contributed by atoms with E-state index in [9.17, 15) is 0 Å². The molecule has 0 spiro atoms. The highest BCUT2D eigenvalue weighted by Gasteiger charge is 2.19. The van der Waals surface area contributed by atoms with Gasteiger partial charge >= 0.3 is 0 Å². The zero-order chi connectivity index (χ0) is 13.2. The van der Waals surface area contributed by atoms with E-state index in [0.29, 0.717) is 6.54 Å². The second-order valence-corrected chi connectivity index (χ2v) is 5.59. The van der Waals surface area contributed by atoms with E-state index in [4.69, 9.17) is 5.73 Å². The summed E-state index contributed by atoms with van der Waals surface area (Å²) < 4.78 is 3.20. The van der Waals surface area contributed by atoms with Gasteiger partial charge in [-0.25, -0.2) is 0 Å². The van der Waals surface area contributed by atoms with Gasteiger partial charge in [0, 0.05) is 23.2 Å². The van der Waals surface area contributed by atoms with E-state index in [2.05, 4.69) is 53.8 Å². The molecule has 5 nitrogen and oxygen atoms in total. The molecule has 2 aromatic rings. The van der Waals surface area contributed by atoms with E-state index < -0.39 is 0 Å².